The fraction of sp³-hybridized carbons (Fsp3) is 0.500. The van der Waals surface area contributed by atoms with Crippen LogP contribution in [0.4, 0.5) is 11.4 Å². The Hall–Kier alpha value is -3.93. The minimum Gasteiger partial charge on any atom is -0.497 e. The maximum absolute atomic E-state index is 13.1. The topological polar surface area (TPSA) is 125 Å². The number of nitriles is 2. The summed E-state index contributed by atoms with van der Waals surface area (Å²) in [6.07, 6.45) is 1.88. The predicted molar refractivity (Wildman–Crippen MR) is 170 cm³/mol. The first-order chi connectivity index (χ1) is 20.9. The maximum atomic E-state index is 13.1. The highest BCUT2D eigenvalue weighted by Gasteiger charge is 2.40. The first kappa shape index (κ1) is 32.0. The molecule has 2 fully saturated rings. The van der Waals surface area contributed by atoms with Crippen LogP contribution in [0.1, 0.15) is 25.3 Å². The van der Waals surface area contributed by atoms with Gasteiger partial charge >= 0.3 is 0 Å². The van der Waals surface area contributed by atoms with E-state index in [1.807, 2.05) is 31.2 Å². The molecule has 3 unspecified atom stereocenters. The molecular weight excluding hydrogens is 562 g/mol. The number of nitrogens with one attached hydrogen (secondary N) is 2. The molecule has 0 spiro atoms. The van der Waals surface area contributed by atoms with E-state index < -0.39 is 11.8 Å². The predicted octanol–water partition coefficient (Wildman–Crippen LogP) is 3.32. The number of rotatable bonds is 14. The van der Waals surface area contributed by atoms with Gasteiger partial charge in [-0.3, -0.25) is 14.5 Å². The van der Waals surface area contributed by atoms with E-state index in [-0.39, 0.29) is 29.5 Å². The molecule has 43 heavy (non-hydrogen) atoms. The highest BCUT2D eigenvalue weighted by atomic mass is 32.2. The summed E-state index contributed by atoms with van der Waals surface area (Å²) in [6.45, 7) is 8.05. The van der Waals surface area contributed by atoms with Crippen LogP contribution in [0.2, 0.25) is 0 Å². The molecule has 4 rings (SSSR count). The number of methoxy groups -OCH3 is 1. The monoisotopic (exact) mass is 603 g/mol. The lowest BCUT2D eigenvalue weighted by atomic mass is 10.1. The Bertz CT molecular complexity index is 1300. The first-order valence-corrected chi connectivity index (χ1v) is 15.8. The highest BCUT2D eigenvalue weighted by Crippen LogP contribution is 2.37. The van der Waals surface area contributed by atoms with Crippen LogP contribution in [-0.2, 0) is 16.0 Å². The highest BCUT2D eigenvalue weighted by molar-refractivity contribution is 8.01. The van der Waals surface area contributed by atoms with E-state index in [0.29, 0.717) is 19.5 Å². The minimum absolute atomic E-state index is 0.0502. The van der Waals surface area contributed by atoms with Gasteiger partial charge < -0.3 is 25.2 Å². The van der Waals surface area contributed by atoms with Crippen molar-refractivity contribution in [1.29, 1.82) is 10.5 Å². The number of benzene rings is 2. The second kappa shape index (κ2) is 16.1. The Morgan fingerprint density at radius 1 is 1.14 bits per heavy atom. The van der Waals surface area contributed by atoms with Crippen LogP contribution in [0.5, 0.6) is 5.75 Å². The van der Waals surface area contributed by atoms with Crippen LogP contribution in [0.3, 0.4) is 0 Å². The van der Waals surface area contributed by atoms with Gasteiger partial charge in [0.15, 0.2) is 0 Å². The molecule has 0 aliphatic carbocycles. The van der Waals surface area contributed by atoms with Crippen molar-refractivity contribution < 1.29 is 14.3 Å². The third-order valence-electron chi connectivity index (χ3n) is 8.01. The number of ether oxygens (including phenoxy) is 1. The molecule has 2 aliphatic rings. The largest absolute Gasteiger partial charge is 0.497 e. The number of hydrogen-bond acceptors (Lipinski definition) is 9. The zero-order valence-electron chi connectivity index (χ0n) is 25.0. The number of piperazine rings is 1. The summed E-state index contributed by atoms with van der Waals surface area (Å²) in [5.74, 6) is -0.434. The molecule has 0 aromatic heterocycles. The Kier molecular flexibility index (Phi) is 12.0. The van der Waals surface area contributed by atoms with E-state index in [0.717, 1.165) is 50.6 Å². The van der Waals surface area contributed by atoms with Gasteiger partial charge in [-0.25, -0.2) is 0 Å². The van der Waals surface area contributed by atoms with Crippen molar-refractivity contribution in [2.24, 2.45) is 5.92 Å². The molecule has 2 heterocycles. The molecular formula is C32H41N7O3S. The van der Waals surface area contributed by atoms with Gasteiger partial charge in [-0.2, -0.15) is 10.5 Å². The number of nitrogens with zero attached hydrogens (tertiary/aromatic N) is 5. The van der Waals surface area contributed by atoms with E-state index in [1.54, 1.807) is 12.0 Å². The van der Waals surface area contributed by atoms with Crippen LogP contribution < -0.4 is 20.3 Å². The molecule has 228 valence electrons. The third kappa shape index (κ3) is 8.79. The van der Waals surface area contributed by atoms with Gasteiger partial charge in [-0.05, 0) is 61.7 Å². The lowest BCUT2D eigenvalue weighted by molar-refractivity contribution is -0.131. The Morgan fingerprint density at radius 3 is 2.58 bits per heavy atom. The zero-order chi connectivity index (χ0) is 30.6. The molecule has 2 saturated heterocycles. The van der Waals surface area contributed by atoms with Crippen molar-refractivity contribution in [3.05, 3.63) is 54.1 Å². The Balaban J connectivity index is 1.20. The summed E-state index contributed by atoms with van der Waals surface area (Å²) in [7, 11) is 1.69. The number of amides is 2. The van der Waals surface area contributed by atoms with Gasteiger partial charge in [0.05, 0.1) is 29.9 Å². The fourth-order valence-corrected chi connectivity index (χ4v) is 7.13. The molecule has 0 radical (unpaired) electrons. The Morgan fingerprint density at radius 2 is 1.91 bits per heavy atom. The van der Waals surface area contributed by atoms with Crippen LogP contribution >= 0.6 is 11.8 Å². The molecule has 11 heteroatoms. The lowest BCUT2D eigenvalue weighted by Crippen LogP contribution is -2.46. The van der Waals surface area contributed by atoms with Crippen molar-refractivity contribution in [2.45, 2.75) is 36.8 Å². The maximum Gasteiger partial charge on any atom is 0.238 e. The second-order valence-corrected chi connectivity index (χ2v) is 12.1. The van der Waals surface area contributed by atoms with Gasteiger partial charge in [0, 0.05) is 63.6 Å². The van der Waals surface area contributed by atoms with E-state index in [1.165, 1.54) is 23.0 Å². The first-order valence-electron chi connectivity index (χ1n) is 14.9. The smallest absolute Gasteiger partial charge is 0.238 e. The number of hydrogen-bond donors (Lipinski definition) is 2. The van der Waals surface area contributed by atoms with E-state index in [4.69, 9.17) is 10.00 Å². The summed E-state index contributed by atoms with van der Waals surface area (Å²) in [5.41, 5.74) is 3.56. The van der Waals surface area contributed by atoms with Gasteiger partial charge in [-0.15, -0.1) is 11.8 Å². The number of carbonyl (C=O) groups is 2. The minimum atomic E-state index is -0.898. The van der Waals surface area contributed by atoms with Crippen molar-refractivity contribution >= 4 is 35.0 Å². The summed E-state index contributed by atoms with van der Waals surface area (Å²) < 4.78 is 5.27. The van der Waals surface area contributed by atoms with Gasteiger partial charge in [0.1, 0.15) is 18.2 Å². The van der Waals surface area contributed by atoms with Crippen LogP contribution in [0.25, 0.3) is 0 Å². The van der Waals surface area contributed by atoms with Crippen molar-refractivity contribution in [3.63, 3.8) is 0 Å². The normalized spacial score (nSPS) is 19.4. The quantitative estimate of drug-likeness (QED) is 0.313. The number of thioether (sulfide) groups is 1. The molecule has 2 amide bonds. The Labute approximate surface area is 258 Å². The van der Waals surface area contributed by atoms with E-state index in [2.05, 4.69) is 56.8 Å². The standard InChI is InChI=1S/C32H41N7O3S/c1-3-39-30(22-25(23-34)31(40)36-15-13-33)43-29(32(39)41)11-14-35-26-6-4-5-24(21-26)12-16-37-17-19-38(20-18-37)27-7-9-28(42-2)10-8-27/h4-10,21,25,29-30,35H,3,11-12,14-20,22H2,1-2H3,(H,36,40). The molecule has 10 nitrogen and oxygen atoms in total. The summed E-state index contributed by atoms with van der Waals surface area (Å²) in [6, 6.07) is 20.6. The molecule has 2 aromatic carbocycles. The summed E-state index contributed by atoms with van der Waals surface area (Å²) in [4.78, 5) is 32.0. The van der Waals surface area contributed by atoms with Crippen molar-refractivity contribution in [2.75, 3.05) is 69.7 Å². The molecule has 2 N–H and O–H groups in total. The van der Waals surface area contributed by atoms with Crippen LogP contribution in [0, 0.1) is 28.6 Å². The average Bonchev–Trinajstić information content (AvgIpc) is 3.35. The summed E-state index contributed by atoms with van der Waals surface area (Å²) in [5, 5.41) is 23.7. The van der Waals surface area contributed by atoms with Gasteiger partial charge in [0.2, 0.25) is 11.8 Å². The van der Waals surface area contributed by atoms with Gasteiger partial charge in [0.25, 0.3) is 0 Å². The van der Waals surface area contributed by atoms with Gasteiger partial charge in [-0.1, -0.05) is 12.1 Å². The molecule has 3 atom stereocenters. The number of anilines is 2. The number of carbonyl (C=O) groups excluding carboxylic acids is 2. The molecule has 0 saturated carbocycles. The zero-order valence-corrected chi connectivity index (χ0v) is 25.8. The van der Waals surface area contributed by atoms with E-state index in [9.17, 15) is 14.9 Å². The molecule has 2 aliphatic heterocycles. The van der Waals surface area contributed by atoms with Crippen LogP contribution in [0.15, 0.2) is 48.5 Å². The van der Waals surface area contributed by atoms with Crippen molar-refractivity contribution in [3.8, 4) is 17.9 Å². The third-order valence-corrected chi connectivity index (χ3v) is 9.54. The average molecular weight is 604 g/mol. The second-order valence-electron chi connectivity index (χ2n) is 10.7. The SMILES string of the molecule is CCN1C(=O)C(CCNc2cccc(CCN3CCN(c4ccc(OC)cc4)CC3)c2)SC1CC(C#N)C(=O)NCC#N. The summed E-state index contributed by atoms with van der Waals surface area (Å²) >= 11 is 1.52. The van der Waals surface area contributed by atoms with Crippen LogP contribution in [-0.4, -0.2) is 91.7 Å². The van der Waals surface area contributed by atoms with E-state index >= 15 is 0 Å². The lowest BCUT2D eigenvalue weighted by Gasteiger charge is -2.36. The molecule has 0 bridgehead atoms. The fourth-order valence-electron chi connectivity index (χ4n) is 5.55. The molecule has 2 aromatic rings. The van der Waals surface area contributed by atoms with Crippen molar-refractivity contribution in [1.82, 2.24) is 15.1 Å².